The maximum absolute atomic E-state index is 4.56. The maximum Gasteiger partial charge on any atom is 0.296 e. The molecule has 2 rings (SSSR count). The van der Waals surface area contributed by atoms with Crippen LogP contribution < -0.4 is 4.57 Å². The van der Waals surface area contributed by atoms with Gasteiger partial charge in [0.2, 0.25) is 0 Å². The van der Waals surface area contributed by atoms with Gasteiger partial charge in [0.1, 0.15) is 5.69 Å². The summed E-state index contributed by atoms with van der Waals surface area (Å²) in [7, 11) is 1.99. The molecule has 2 aromatic heterocycles. The summed E-state index contributed by atoms with van der Waals surface area (Å²) in [6.07, 6.45) is 2.73. The van der Waals surface area contributed by atoms with Crippen molar-refractivity contribution in [2.45, 2.75) is 27.2 Å². The highest BCUT2D eigenvalue weighted by Gasteiger charge is 2.14. The molecule has 15 heavy (non-hydrogen) atoms. The molecule has 0 aromatic carbocycles. The lowest BCUT2D eigenvalue weighted by molar-refractivity contribution is -0.680. The summed E-state index contributed by atoms with van der Waals surface area (Å²) in [5, 5.41) is 0. The van der Waals surface area contributed by atoms with Crippen molar-refractivity contribution in [2.75, 3.05) is 0 Å². The smallest absolute Gasteiger partial charge is 0.241 e. The Kier molecular flexibility index (Phi) is 2.34. The molecule has 0 saturated heterocycles. The van der Waals surface area contributed by atoms with Gasteiger partial charge in [-0.15, -0.1) is 0 Å². The molecule has 0 spiro atoms. The molecule has 2 aromatic rings. The lowest BCUT2D eigenvalue weighted by Gasteiger charge is -2.03. The minimum Gasteiger partial charge on any atom is -0.241 e. The summed E-state index contributed by atoms with van der Waals surface area (Å²) in [6.45, 7) is 6.06. The molecule has 0 N–H and O–H groups in total. The first kappa shape index (κ1) is 9.96. The van der Waals surface area contributed by atoms with Gasteiger partial charge in [0.15, 0.2) is 5.52 Å². The predicted octanol–water partition coefficient (Wildman–Crippen LogP) is 1.03. The van der Waals surface area contributed by atoms with E-state index in [4.69, 9.17) is 0 Å². The first-order valence-electron chi connectivity index (χ1n) is 5.12. The summed E-state index contributed by atoms with van der Waals surface area (Å²) in [5.74, 6) is 0. The molecule has 0 radical (unpaired) electrons. The quantitative estimate of drug-likeness (QED) is 0.650. The molecule has 4 heteroatoms. The predicted molar refractivity (Wildman–Crippen MR) is 57.4 cm³/mol. The zero-order valence-corrected chi connectivity index (χ0v) is 9.57. The van der Waals surface area contributed by atoms with Crippen molar-refractivity contribution >= 4 is 11.2 Å². The number of hydrogen-bond acceptors (Lipinski definition) is 3. The second-order valence-electron chi connectivity index (χ2n) is 3.72. The summed E-state index contributed by atoms with van der Waals surface area (Å²) >= 11 is 0. The van der Waals surface area contributed by atoms with Crippen molar-refractivity contribution in [3.05, 3.63) is 23.4 Å². The van der Waals surface area contributed by atoms with Crippen LogP contribution >= 0.6 is 0 Å². The highest BCUT2D eigenvalue weighted by molar-refractivity contribution is 5.71. The van der Waals surface area contributed by atoms with Crippen molar-refractivity contribution < 1.29 is 4.57 Å². The van der Waals surface area contributed by atoms with Gasteiger partial charge in [0, 0.05) is 6.42 Å². The van der Waals surface area contributed by atoms with E-state index in [0.717, 1.165) is 29.0 Å². The number of hydrogen-bond donors (Lipinski definition) is 0. The van der Waals surface area contributed by atoms with Crippen LogP contribution in [0.1, 0.15) is 24.0 Å². The number of aryl methyl sites for hydroxylation is 4. The summed E-state index contributed by atoms with van der Waals surface area (Å²) in [6, 6.07) is 0. The van der Waals surface area contributed by atoms with E-state index in [1.165, 1.54) is 5.69 Å². The topological polar surface area (TPSA) is 42.6 Å². The van der Waals surface area contributed by atoms with E-state index in [1.54, 1.807) is 6.33 Å². The van der Waals surface area contributed by atoms with Gasteiger partial charge in [-0.2, -0.15) is 0 Å². The molecular weight excluding hydrogens is 188 g/mol. The second-order valence-corrected chi connectivity index (χ2v) is 3.72. The normalized spacial score (nSPS) is 10.9. The molecule has 0 amide bonds. The molecule has 0 aliphatic heterocycles. The lowest BCUT2D eigenvalue weighted by atomic mass is 10.2. The fourth-order valence-corrected chi connectivity index (χ4v) is 1.67. The van der Waals surface area contributed by atoms with Crippen LogP contribution in [-0.4, -0.2) is 15.0 Å². The summed E-state index contributed by atoms with van der Waals surface area (Å²) < 4.78 is 2.01. The third-order valence-corrected chi connectivity index (χ3v) is 2.68. The van der Waals surface area contributed by atoms with E-state index >= 15 is 0 Å². The van der Waals surface area contributed by atoms with Crippen LogP contribution in [0.15, 0.2) is 6.33 Å². The largest absolute Gasteiger partial charge is 0.296 e. The summed E-state index contributed by atoms with van der Waals surface area (Å²) in [4.78, 5) is 13.3. The fourth-order valence-electron chi connectivity index (χ4n) is 1.67. The SMILES string of the molecule is CCc1c2nc(C)c(C)nc2nc[n+]1C. The first-order valence-corrected chi connectivity index (χ1v) is 5.12. The van der Waals surface area contributed by atoms with Crippen LogP contribution in [0.2, 0.25) is 0 Å². The van der Waals surface area contributed by atoms with E-state index in [2.05, 4.69) is 21.9 Å². The number of rotatable bonds is 1. The van der Waals surface area contributed by atoms with Crippen molar-refractivity contribution in [2.24, 2.45) is 7.05 Å². The fraction of sp³-hybridized carbons (Fsp3) is 0.455. The Morgan fingerprint density at radius 1 is 1.20 bits per heavy atom. The lowest BCUT2D eigenvalue weighted by Crippen LogP contribution is -2.34. The highest BCUT2D eigenvalue weighted by Crippen LogP contribution is 2.11. The molecule has 0 unspecified atom stereocenters. The van der Waals surface area contributed by atoms with Crippen LogP contribution in [0.4, 0.5) is 0 Å². The Morgan fingerprint density at radius 3 is 2.53 bits per heavy atom. The molecule has 0 atom stereocenters. The maximum atomic E-state index is 4.56. The zero-order chi connectivity index (χ0) is 11.0. The van der Waals surface area contributed by atoms with Gasteiger partial charge in [-0.3, -0.25) is 0 Å². The van der Waals surface area contributed by atoms with Crippen LogP contribution in [0, 0.1) is 13.8 Å². The first-order chi connectivity index (χ1) is 7.13. The number of fused-ring (bicyclic) bond motifs is 1. The van der Waals surface area contributed by atoms with Gasteiger partial charge < -0.3 is 0 Å². The molecule has 0 aliphatic carbocycles. The molecule has 2 heterocycles. The van der Waals surface area contributed by atoms with Crippen molar-refractivity contribution in [1.29, 1.82) is 0 Å². The Hall–Kier alpha value is -1.58. The van der Waals surface area contributed by atoms with Crippen molar-refractivity contribution in [3.8, 4) is 0 Å². The van der Waals surface area contributed by atoms with Gasteiger partial charge >= 0.3 is 0 Å². The number of nitrogens with zero attached hydrogens (tertiary/aromatic N) is 4. The Labute approximate surface area is 89.0 Å². The van der Waals surface area contributed by atoms with E-state index in [-0.39, 0.29) is 0 Å². The molecule has 4 nitrogen and oxygen atoms in total. The van der Waals surface area contributed by atoms with Crippen molar-refractivity contribution in [1.82, 2.24) is 15.0 Å². The Morgan fingerprint density at radius 2 is 1.87 bits per heavy atom. The standard InChI is InChI=1S/C11H15N4/c1-5-9-10-11(12-6-15(9)4)14-8(3)7(2)13-10/h6H,5H2,1-4H3/q+1. The minimum atomic E-state index is 0.744. The van der Waals surface area contributed by atoms with E-state index in [9.17, 15) is 0 Å². The highest BCUT2D eigenvalue weighted by atomic mass is 15.0. The van der Waals surface area contributed by atoms with E-state index in [0.29, 0.717) is 0 Å². The zero-order valence-electron chi connectivity index (χ0n) is 9.57. The molecule has 78 valence electrons. The average molecular weight is 203 g/mol. The van der Waals surface area contributed by atoms with Crippen LogP contribution in [0.5, 0.6) is 0 Å². The van der Waals surface area contributed by atoms with Gasteiger partial charge in [-0.05, 0) is 18.8 Å². The van der Waals surface area contributed by atoms with E-state index < -0.39 is 0 Å². The van der Waals surface area contributed by atoms with E-state index in [1.807, 2.05) is 25.5 Å². The monoisotopic (exact) mass is 203 g/mol. The Bertz CT molecular complexity index is 519. The molecule has 0 aliphatic rings. The minimum absolute atomic E-state index is 0.744. The van der Waals surface area contributed by atoms with Gasteiger partial charge in [-0.1, -0.05) is 6.92 Å². The van der Waals surface area contributed by atoms with Crippen LogP contribution in [0.25, 0.3) is 11.2 Å². The second kappa shape index (κ2) is 3.53. The Balaban J connectivity index is 2.86. The molecule has 0 bridgehead atoms. The number of aromatic nitrogens is 4. The summed E-state index contributed by atoms with van der Waals surface area (Å²) in [5.41, 5.74) is 4.77. The van der Waals surface area contributed by atoms with Gasteiger partial charge in [0.25, 0.3) is 12.0 Å². The van der Waals surface area contributed by atoms with Gasteiger partial charge in [0.05, 0.1) is 18.4 Å². The third-order valence-electron chi connectivity index (χ3n) is 2.68. The van der Waals surface area contributed by atoms with Gasteiger partial charge in [-0.25, -0.2) is 14.5 Å². The average Bonchev–Trinajstić information content (AvgIpc) is 2.21. The molecular formula is C11H15N4+. The van der Waals surface area contributed by atoms with Crippen molar-refractivity contribution in [3.63, 3.8) is 0 Å². The molecule has 0 fully saturated rings. The van der Waals surface area contributed by atoms with Crippen LogP contribution in [-0.2, 0) is 13.5 Å². The molecule has 0 saturated carbocycles. The van der Waals surface area contributed by atoms with Crippen LogP contribution in [0.3, 0.4) is 0 Å². The third kappa shape index (κ3) is 1.56.